The third-order valence-electron chi connectivity index (χ3n) is 6.13. The Bertz CT molecular complexity index is 314. The van der Waals surface area contributed by atoms with Gasteiger partial charge in [-0.25, -0.2) is 0 Å². The third kappa shape index (κ3) is 3.09. The molecule has 0 heteroatoms. The Morgan fingerprint density at radius 2 is 1.74 bits per heavy atom. The van der Waals surface area contributed by atoms with Gasteiger partial charge in [0.2, 0.25) is 0 Å². The third-order valence-corrected chi connectivity index (χ3v) is 6.13. The largest absolute Gasteiger partial charge is 0.0887 e. The van der Waals surface area contributed by atoms with Crippen molar-refractivity contribution in [1.82, 2.24) is 0 Å². The summed E-state index contributed by atoms with van der Waals surface area (Å²) in [6.07, 6.45) is 10.9. The maximum absolute atomic E-state index is 2.45. The van der Waals surface area contributed by atoms with Gasteiger partial charge in [0.15, 0.2) is 0 Å². The van der Waals surface area contributed by atoms with Gasteiger partial charge in [0.25, 0.3) is 0 Å². The fourth-order valence-corrected chi connectivity index (χ4v) is 4.92. The summed E-state index contributed by atoms with van der Waals surface area (Å²) < 4.78 is 0. The van der Waals surface area contributed by atoms with E-state index in [1.165, 1.54) is 38.5 Å². The van der Waals surface area contributed by atoms with Crippen LogP contribution in [0.25, 0.3) is 0 Å². The van der Waals surface area contributed by atoms with Gasteiger partial charge in [0.05, 0.1) is 0 Å². The molecule has 110 valence electrons. The first-order valence-corrected chi connectivity index (χ1v) is 8.75. The van der Waals surface area contributed by atoms with Crippen LogP contribution in [-0.2, 0) is 0 Å². The summed E-state index contributed by atoms with van der Waals surface area (Å²) in [5.74, 6) is 6.42. The lowest BCUT2D eigenvalue weighted by atomic mass is 9.69. The van der Waals surface area contributed by atoms with Crippen molar-refractivity contribution in [2.45, 2.75) is 73.1 Å². The highest BCUT2D eigenvalue weighted by molar-refractivity contribution is 5.18. The van der Waals surface area contributed by atoms with Crippen LogP contribution in [0.1, 0.15) is 73.1 Å². The molecule has 0 saturated heterocycles. The molecule has 0 amide bonds. The van der Waals surface area contributed by atoms with E-state index in [1.54, 1.807) is 5.57 Å². The summed E-state index contributed by atoms with van der Waals surface area (Å²) in [7, 11) is 0. The van der Waals surface area contributed by atoms with Crippen LogP contribution in [-0.4, -0.2) is 0 Å². The Kier molecular flexibility index (Phi) is 5.15. The first-order valence-electron chi connectivity index (χ1n) is 8.75. The van der Waals surface area contributed by atoms with Crippen molar-refractivity contribution in [1.29, 1.82) is 0 Å². The minimum absolute atomic E-state index is 0.955. The zero-order valence-electron chi connectivity index (χ0n) is 13.8. The second-order valence-corrected chi connectivity index (χ2v) is 7.36. The van der Waals surface area contributed by atoms with Crippen LogP contribution in [0.3, 0.4) is 0 Å². The average molecular weight is 262 g/mol. The molecule has 0 spiro atoms. The average Bonchev–Trinajstić information content (AvgIpc) is 2.97. The van der Waals surface area contributed by atoms with E-state index in [-0.39, 0.29) is 0 Å². The molecule has 0 aromatic rings. The van der Waals surface area contributed by atoms with Crippen molar-refractivity contribution in [3.8, 4) is 0 Å². The highest BCUT2D eigenvalue weighted by atomic mass is 14.7. The topological polar surface area (TPSA) is 0 Å². The molecule has 0 aromatic carbocycles. The molecule has 6 atom stereocenters. The zero-order chi connectivity index (χ0) is 14.0. The van der Waals surface area contributed by atoms with Crippen molar-refractivity contribution in [2.75, 3.05) is 0 Å². The minimum atomic E-state index is 0.955. The highest BCUT2D eigenvalue weighted by Gasteiger charge is 2.66. The van der Waals surface area contributed by atoms with Gasteiger partial charge in [-0.15, -0.1) is 0 Å². The van der Waals surface area contributed by atoms with Gasteiger partial charge < -0.3 is 0 Å². The summed E-state index contributed by atoms with van der Waals surface area (Å²) in [5.41, 5.74) is 1.62. The summed E-state index contributed by atoms with van der Waals surface area (Å²) in [4.78, 5) is 0. The monoisotopic (exact) mass is 262 g/mol. The van der Waals surface area contributed by atoms with E-state index in [2.05, 4.69) is 40.7 Å². The lowest BCUT2D eigenvalue weighted by Gasteiger charge is -2.36. The SMILES string of the molecule is CC=C(C)CC1C2C(CC)C(CCC(C)CCC)C12. The number of allylic oxidation sites excluding steroid dienone is 2. The Morgan fingerprint density at radius 1 is 1.05 bits per heavy atom. The molecule has 0 aromatic heterocycles. The Morgan fingerprint density at radius 3 is 2.32 bits per heavy atom. The fourth-order valence-electron chi connectivity index (χ4n) is 4.92. The van der Waals surface area contributed by atoms with Gasteiger partial charge in [0, 0.05) is 0 Å². The Labute approximate surface area is 121 Å². The first-order chi connectivity index (χ1) is 9.13. The molecule has 0 N–H and O–H groups in total. The standard InChI is InChI=1S/C19H34/c1-6-9-14(5)10-11-16-15(8-3)18-17(19(16)18)12-13(4)7-2/h7,14-19H,6,8-12H2,1-5H3. The van der Waals surface area contributed by atoms with Gasteiger partial charge in [0.1, 0.15) is 0 Å². The first kappa shape index (κ1) is 15.1. The van der Waals surface area contributed by atoms with Crippen LogP contribution in [0.4, 0.5) is 0 Å². The quantitative estimate of drug-likeness (QED) is 0.465. The maximum Gasteiger partial charge on any atom is -0.0289 e. The van der Waals surface area contributed by atoms with E-state index in [1.807, 2.05) is 0 Å². The lowest BCUT2D eigenvalue weighted by Crippen LogP contribution is -2.29. The van der Waals surface area contributed by atoms with E-state index in [9.17, 15) is 0 Å². The molecule has 2 rings (SSSR count). The van der Waals surface area contributed by atoms with Crippen molar-refractivity contribution >= 4 is 0 Å². The Balaban J connectivity index is 1.79. The van der Waals surface area contributed by atoms with Crippen molar-refractivity contribution in [3.05, 3.63) is 11.6 Å². The fraction of sp³-hybridized carbons (Fsp3) is 0.895. The lowest BCUT2D eigenvalue weighted by molar-refractivity contribution is 0.129. The van der Waals surface area contributed by atoms with Crippen molar-refractivity contribution in [3.63, 3.8) is 0 Å². The minimum Gasteiger partial charge on any atom is -0.0887 e. The van der Waals surface area contributed by atoms with E-state index in [4.69, 9.17) is 0 Å². The van der Waals surface area contributed by atoms with E-state index in [0.29, 0.717) is 0 Å². The van der Waals surface area contributed by atoms with Gasteiger partial charge in [-0.2, -0.15) is 0 Å². The van der Waals surface area contributed by atoms with Crippen LogP contribution in [0.5, 0.6) is 0 Å². The summed E-state index contributed by atoms with van der Waals surface area (Å²) >= 11 is 0. The molecular weight excluding hydrogens is 228 g/mol. The van der Waals surface area contributed by atoms with Gasteiger partial charge in [-0.3, -0.25) is 0 Å². The van der Waals surface area contributed by atoms with Crippen LogP contribution in [0.2, 0.25) is 0 Å². The molecule has 0 nitrogen and oxygen atoms in total. The molecular formula is C19H34. The van der Waals surface area contributed by atoms with Crippen LogP contribution < -0.4 is 0 Å². The van der Waals surface area contributed by atoms with E-state index < -0.39 is 0 Å². The molecule has 2 fully saturated rings. The normalized spacial score (nSPS) is 38.6. The molecule has 0 aliphatic heterocycles. The van der Waals surface area contributed by atoms with Crippen LogP contribution >= 0.6 is 0 Å². The number of fused-ring (bicyclic) bond motifs is 1. The highest BCUT2D eigenvalue weighted by Crippen LogP contribution is 2.71. The second kappa shape index (κ2) is 6.46. The van der Waals surface area contributed by atoms with Crippen molar-refractivity contribution in [2.24, 2.45) is 35.5 Å². The summed E-state index contributed by atoms with van der Waals surface area (Å²) in [5, 5.41) is 0. The Hall–Kier alpha value is -0.260. The predicted molar refractivity (Wildman–Crippen MR) is 85.1 cm³/mol. The molecule has 0 radical (unpaired) electrons. The molecule has 2 aliphatic carbocycles. The molecule has 2 aliphatic rings. The summed E-state index contributed by atoms with van der Waals surface area (Å²) in [6.45, 7) is 11.7. The van der Waals surface area contributed by atoms with Gasteiger partial charge >= 0.3 is 0 Å². The zero-order valence-corrected chi connectivity index (χ0v) is 13.8. The van der Waals surface area contributed by atoms with Gasteiger partial charge in [-0.05, 0) is 62.2 Å². The van der Waals surface area contributed by atoms with E-state index in [0.717, 1.165) is 35.5 Å². The second-order valence-electron chi connectivity index (χ2n) is 7.36. The number of hydrogen-bond donors (Lipinski definition) is 0. The molecule has 19 heavy (non-hydrogen) atoms. The predicted octanol–water partition coefficient (Wildman–Crippen LogP) is 6.08. The van der Waals surface area contributed by atoms with Crippen molar-refractivity contribution < 1.29 is 0 Å². The number of rotatable bonds is 8. The molecule has 2 saturated carbocycles. The smallest absolute Gasteiger partial charge is 0.0289 e. The number of hydrogen-bond acceptors (Lipinski definition) is 0. The molecule has 6 unspecified atom stereocenters. The van der Waals surface area contributed by atoms with E-state index >= 15 is 0 Å². The van der Waals surface area contributed by atoms with Gasteiger partial charge in [-0.1, -0.05) is 58.1 Å². The van der Waals surface area contributed by atoms with Crippen LogP contribution in [0.15, 0.2) is 11.6 Å². The molecule has 0 heterocycles. The van der Waals surface area contributed by atoms with Crippen LogP contribution in [0, 0.1) is 35.5 Å². The maximum atomic E-state index is 2.45. The summed E-state index contributed by atoms with van der Waals surface area (Å²) in [6, 6.07) is 0. The molecule has 0 bridgehead atoms.